The zero-order chi connectivity index (χ0) is 21.0. The minimum atomic E-state index is -0.802. The molecule has 1 N–H and O–H groups in total. The van der Waals surface area contributed by atoms with Gasteiger partial charge in [-0.1, -0.05) is 12.5 Å². The number of ether oxygens (including phenoxy) is 1. The molecule has 0 unspecified atom stereocenters. The van der Waals surface area contributed by atoms with Crippen LogP contribution in [0.15, 0.2) is 23.0 Å². The Morgan fingerprint density at radius 2 is 2.03 bits per heavy atom. The van der Waals surface area contributed by atoms with Gasteiger partial charge in [0.15, 0.2) is 0 Å². The number of nitrogens with zero attached hydrogens (tertiary/aromatic N) is 2. The van der Waals surface area contributed by atoms with Gasteiger partial charge in [0.25, 0.3) is 5.56 Å². The van der Waals surface area contributed by atoms with E-state index in [0.29, 0.717) is 6.54 Å². The summed E-state index contributed by atoms with van der Waals surface area (Å²) in [4.78, 5) is 41.0. The van der Waals surface area contributed by atoms with E-state index in [1.165, 1.54) is 7.11 Å². The number of amides is 1. The predicted molar refractivity (Wildman–Crippen MR) is 109 cm³/mol. The number of carbonyl (C=O) groups is 2. The summed E-state index contributed by atoms with van der Waals surface area (Å²) < 4.78 is 6.79. The molecule has 4 aliphatic rings. The second-order valence-corrected chi connectivity index (χ2v) is 9.01. The van der Waals surface area contributed by atoms with E-state index in [0.717, 1.165) is 55.4 Å². The number of likely N-dealkylation sites (tertiary alicyclic amines) is 1. The maximum atomic E-state index is 13.4. The average Bonchev–Trinajstić information content (AvgIpc) is 3.41. The molecule has 30 heavy (non-hydrogen) atoms. The van der Waals surface area contributed by atoms with E-state index in [9.17, 15) is 19.5 Å². The fourth-order valence-electron chi connectivity index (χ4n) is 5.85. The lowest BCUT2D eigenvalue weighted by molar-refractivity contribution is -0.156. The van der Waals surface area contributed by atoms with Crippen LogP contribution in [-0.4, -0.2) is 46.2 Å². The first-order chi connectivity index (χ1) is 14.6. The number of allylic oxidation sites excluding steroid dienone is 2. The zero-order valence-corrected chi connectivity index (χ0v) is 17.3. The van der Waals surface area contributed by atoms with Gasteiger partial charge in [0.2, 0.25) is 5.91 Å². The van der Waals surface area contributed by atoms with Crippen LogP contribution in [0.5, 0.6) is 0 Å². The summed E-state index contributed by atoms with van der Waals surface area (Å²) in [5.41, 5.74) is 2.57. The molecule has 1 saturated heterocycles. The van der Waals surface area contributed by atoms with Crippen LogP contribution in [0.1, 0.15) is 55.8 Å². The summed E-state index contributed by atoms with van der Waals surface area (Å²) in [6, 6.07) is 2.64. The molecule has 1 amide bonds. The molecule has 0 bridgehead atoms. The second kappa shape index (κ2) is 7.38. The largest absolute Gasteiger partial charge is 0.467 e. The fraction of sp³-hybridized carbons (Fsp3) is 0.609. The van der Waals surface area contributed by atoms with E-state index in [4.69, 9.17) is 4.74 Å². The smallest absolute Gasteiger partial charge is 0.328 e. The van der Waals surface area contributed by atoms with E-state index in [1.807, 2.05) is 12.1 Å². The molecule has 1 aromatic heterocycles. The lowest BCUT2D eigenvalue weighted by Gasteiger charge is -2.35. The number of aliphatic hydroxyl groups is 1. The molecule has 7 heteroatoms. The Labute approximate surface area is 175 Å². The number of carbonyl (C=O) groups excluding carboxylic acids is 2. The summed E-state index contributed by atoms with van der Waals surface area (Å²) in [5, 5.41) is 10.2. The Balaban J connectivity index is 1.59. The Morgan fingerprint density at radius 1 is 1.23 bits per heavy atom. The van der Waals surface area contributed by atoms with Crippen molar-refractivity contribution in [1.82, 2.24) is 9.47 Å². The Hall–Kier alpha value is -2.41. The molecule has 0 aromatic carbocycles. The Kier molecular flexibility index (Phi) is 4.81. The van der Waals surface area contributed by atoms with Crippen LogP contribution in [-0.2, 0) is 20.9 Å². The first-order valence-electron chi connectivity index (χ1n) is 11.0. The average molecular weight is 412 g/mol. The number of aromatic nitrogens is 1. The third-order valence-corrected chi connectivity index (χ3v) is 7.61. The minimum Gasteiger partial charge on any atom is -0.467 e. The van der Waals surface area contributed by atoms with Gasteiger partial charge in [-0.2, -0.15) is 0 Å². The molecular formula is C23H28N2O5. The van der Waals surface area contributed by atoms with E-state index in [1.54, 1.807) is 9.47 Å². The molecular weight excluding hydrogens is 384 g/mol. The summed E-state index contributed by atoms with van der Waals surface area (Å²) in [6.45, 7) is 0.184. The lowest BCUT2D eigenvalue weighted by Crippen LogP contribution is -2.49. The first-order valence-corrected chi connectivity index (χ1v) is 11.0. The van der Waals surface area contributed by atoms with Crippen LogP contribution < -0.4 is 5.56 Å². The minimum absolute atomic E-state index is 0.0302. The standard InChI is InChI=1S/C23H28N2O5/c1-30-23(29)20-17(12-26)16-11-24-18(19(16)25(20)21(27)14-7-4-8-14)10-9-15(22(24)28)13-5-2-3-6-13/h5,9-10,14,16-17,19-20,26H,2-4,6-8,11-12H2,1H3/t16-,17-,19+,20-/m1/s1. The number of hydrogen-bond donors (Lipinski definition) is 1. The number of methoxy groups -OCH3 is 1. The second-order valence-electron chi connectivity index (χ2n) is 9.01. The zero-order valence-electron chi connectivity index (χ0n) is 17.3. The van der Waals surface area contributed by atoms with Crippen molar-refractivity contribution in [2.45, 2.75) is 57.2 Å². The van der Waals surface area contributed by atoms with Gasteiger partial charge in [0.1, 0.15) is 6.04 Å². The monoisotopic (exact) mass is 412 g/mol. The summed E-state index contributed by atoms with van der Waals surface area (Å²) >= 11 is 0. The van der Waals surface area contributed by atoms with Crippen LogP contribution in [0.25, 0.3) is 5.57 Å². The van der Waals surface area contributed by atoms with Crippen LogP contribution in [0, 0.1) is 17.8 Å². The molecule has 1 saturated carbocycles. The molecule has 5 rings (SSSR count). The molecule has 4 atom stereocenters. The van der Waals surface area contributed by atoms with Gasteiger partial charge in [-0.15, -0.1) is 0 Å². The molecule has 7 nitrogen and oxygen atoms in total. The maximum absolute atomic E-state index is 13.4. The molecule has 2 fully saturated rings. The molecule has 3 heterocycles. The van der Waals surface area contributed by atoms with Gasteiger partial charge in [0, 0.05) is 42.2 Å². The number of aliphatic hydroxyl groups excluding tert-OH is 1. The van der Waals surface area contributed by atoms with E-state index in [-0.39, 0.29) is 36.0 Å². The van der Waals surface area contributed by atoms with Crippen molar-refractivity contribution < 1.29 is 19.4 Å². The van der Waals surface area contributed by atoms with Crippen LogP contribution in [0.4, 0.5) is 0 Å². The SMILES string of the molecule is COC(=O)[C@H]1[C@H](CO)[C@H]2Cn3c(ccc(C4=CCCC4)c3=O)[C@H]2N1C(=O)C1CCC1. The molecule has 2 aliphatic carbocycles. The molecule has 160 valence electrons. The van der Waals surface area contributed by atoms with Gasteiger partial charge >= 0.3 is 5.97 Å². The maximum Gasteiger partial charge on any atom is 0.328 e. The lowest BCUT2D eigenvalue weighted by atomic mass is 9.84. The van der Waals surface area contributed by atoms with Crippen molar-refractivity contribution >= 4 is 17.4 Å². The van der Waals surface area contributed by atoms with E-state index in [2.05, 4.69) is 6.08 Å². The van der Waals surface area contributed by atoms with E-state index < -0.39 is 17.9 Å². The number of fused-ring (bicyclic) bond motifs is 3. The predicted octanol–water partition coefficient (Wildman–Crippen LogP) is 1.88. The van der Waals surface area contributed by atoms with Crippen molar-refractivity contribution in [3.05, 3.63) is 39.8 Å². The number of hydrogen-bond acceptors (Lipinski definition) is 5. The number of pyridine rings is 1. The van der Waals surface area contributed by atoms with Crippen LogP contribution in [0.2, 0.25) is 0 Å². The van der Waals surface area contributed by atoms with Crippen molar-refractivity contribution in [2.75, 3.05) is 13.7 Å². The third-order valence-electron chi connectivity index (χ3n) is 7.61. The molecule has 1 aromatic rings. The van der Waals surface area contributed by atoms with Crippen molar-refractivity contribution in [2.24, 2.45) is 17.8 Å². The van der Waals surface area contributed by atoms with Crippen molar-refractivity contribution in [3.8, 4) is 0 Å². The third kappa shape index (κ3) is 2.71. The summed E-state index contributed by atoms with van der Waals surface area (Å²) in [6.07, 6.45) is 7.78. The summed E-state index contributed by atoms with van der Waals surface area (Å²) in [7, 11) is 1.32. The first kappa shape index (κ1) is 19.5. The van der Waals surface area contributed by atoms with Gasteiger partial charge in [-0.05, 0) is 49.8 Å². The van der Waals surface area contributed by atoms with Gasteiger partial charge in [-0.25, -0.2) is 4.79 Å². The highest BCUT2D eigenvalue weighted by molar-refractivity contribution is 5.88. The quantitative estimate of drug-likeness (QED) is 0.763. The van der Waals surface area contributed by atoms with E-state index >= 15 is 0 Å². The Bertz CT molecular complexity index is 976. The normalized spacial score (nSPS) is 29.9. The molecule has 0 radical (unpaired) electrons. The molecule has 2 aliphatic heterocycles. The number of rotatable bonds is 4. The van der Waals surface area contributed by atoms with Crippen LogP contribution in [0.3, 0.4) is 0 Å². The molecule has 0 spiro atoms. The summed E-state index contributed by atoms with van der Waals surface area (Å²) in [5.74, 6) is -1.24. The van der Waals surface area contributed by atoms with Crippen molar-refractivity contribution in [3.63, 3.8) is 0 Å². The van der Waals surface area contributed by atoms with Crippen LogP contribution >= 0.6 is 0 Å². The highest BCUT2D eigenvalue weighted by Gasteiger charge is 2.58. The van der Waals surface area contributed by atoms with Crippen molar-refractivity contribution in [1.29, 1.82) is 0 Å². The highest BCUT2D eigenvalue weighted by atomic mass is 16.5. The fourth-order valence-corrected chi connectivity index (χ4v) is 5.85. The van der Waals surface area contributed by atoms with Gasteiger partial charge in [0.05, 0.1) is 13.2 Å². The Morgan fingerprint density at radius 3 is 2.63 bits per heavy atom. The number of esters is 1. The van der Waals surface area contributed by atoms with Gasteiger partial charge < -0.3 is 19.3 Å². The highest BCUT2D eigenvalue weighted by Crippen LogP contribution is 2.51. The van der Waals surface area contributed by atoms with Gasteiger partial charge in [-0.3, -0.25) is 9.59 Å². The topological polar surface area (TPSA) is 88.8 Å².